The van der Waals surface area contributed by atoms with E-state index in [1.54, 1.807) is 13.1 Å². The molecule has 3 aromatic rings. The fraction of sp³-hybridized carbons (Fsp3) is 0.211. The van der Waals surface area contributed by atoms with Gasteiger partial charge in [-0.1, -0.05) is 11.6 Å². The van der Waals surface area contributed by atoms with Crippen molar-refractivity contribution in [2.24, 2.45) is 0 Å². The molecule has 0 aliphatic rings. The molecule has 0 spiro atoms. The number of hydrogen-bond donors (Lipinski definition) is 1. The fourth-order valence-electron chi connectivity index (χ4n) is 2.76. The number of rotatable bonds is 7. The first-order chi connectivity index (χ1) is 16.0. The lowest BCUT2D eigenvalue weighted by molar-refractivity contribution is -0.142. The van der Waals surface area contributed by atoms with Gasteiger partial charge >= 0.3 is 6.18 Å². The summed E-state index contributed by atoms with van der Waals surface area (Å²) in [5, 5.41) is 15.1. The summed E-state index contributed by atoms with van der Waals surface area (Å²) in [6.07, 6.45) is -4.31. The highest BCUT2D eigenvalue weighted by Gasteiger charge is 2.38. The van der Waals surface area contributed by atoms with Crippen molar-refractivity contribution < 1.29 is 22.1 Å². The summed E-state index contributed by atoms with van der Waals surface area (Å²) in [6.45, 7) is -0.339. The van der Waals surface area contributed by atoms with Crippen LogP contribution in [0.25, 0.3) is 0 Å². The Balaban J connectivity index is 0.00000432. The SMILES string of the molecule is COSN(C)c1cc(Cn2cnc(C(F)(F)F)c(Oc3cc(Cl)cc(C#N)c3)c2=O)n[nH]c1=O.S. The number of benzene rings is 1. The maximum absolute atomic E-state index is 13.5. The molecular weight excluding hydrogens is 533 g/mol. The number of nitrogens with zero attached hydrogens (tertiary/aromatic N) is 5. The molecular formula is C19H16ClF3N6O4S2. The molecule has 0 aliphatic heterocycles. The van der Waals surface area contributed by atoms with E-state index in [4.69, 9.17) is 25.8 Å². The van der Waals surface area contributed by atoms with Crippen LogP contribution in [0.2, 0.25) is 5.02 Å². The van der Waals surface area contributed by atoms with Crippen LogP contribution in [0.5, 0.6) is 11.5 Å². The molecule has 0 unspecified atom stereocenters. The summed E-state index contributed by atoms with van der Waals surface area (Å²) in [5.41, 5.74) is -2.99. The molecule has 0 bridgehead atoms. The molecule has 0 saturated heterocycles. The summed E-state index contributed by atoms with van der Waals surface area (Å²) in [7, 11) is 2.94. The molecule has 10 nitrogen and oxygen atoms in total. The van der Waals surface area contributed by atoms with Crippen molar-refractivity contribution >= 4 is 43.0 Å². The van der Waals surface area contributed by atoms with Gasteiger partial charge in [-0.05, 0) is 24.3 Å². The van der Waals surface area contributed by atoms with Gasteiger partial charge in [-0.2, -0.15) is 37.0 Å². The smallest absolute Gasteiger partial charge is 0.437 e. The van der Waals surface area contributed by atoms with Crippen molar-refractivity contribution in [3.05, 3.63) is 73.3 Å². The molecule has 2 heterocycles. The molecule has 35 heavy (non-hydrogen) atoms. The van der Waals surface area contributed by atoms with Crippen LogP contribution in [0, 0.1) is 11.3 Å². The number of alkyl halides is 3. The Kier molecular flexibility index (Phi) is 9.21. The molecule has 0 fully saturated rings. The van der Waals surface area contributed by atoms with Crippen molar-refractivity contribution in [2.75, 3.05) is 18.5 Å². The minimum absolute atomic E-state index is 0. The average molecular weight is 549 g/mol. The van der Waals surface area contributed by atoms with Crippen LogP contribution in [0.4, 0.5) is 18.9 Å². The Bertz CT molecular complexity index is 1380. The fourth-order valence-corrected chi connectivity index (χ4v) is 3.42. The minimum atomic E-state index is -5.01. The second kappa shape index (κ2) is 11.5. The van der Waals surface area contributed by atoms with E-state index < -0.39 is 28.7 Å². The maximum Gasteiger partial charge on any atom is 0.437 e. The molecule has 0 amide bonds. The number of aromatic amines is 1. The van der Waals surface area contributed by atoms with E-state index >= 15 is 0 Å². The summed E-state index contributed by atoms with van der Waals surface area (Å²) in [5.74, 6) is -1.37. The lowest BCUT2D eigenvalue weighted by atomic mass is 10.2. The third kappa shape index (κ3) is 6.69. The molecule has 186 valence electrons. The summed E-state index contributed by atoms with van der Waals surface area (Å²) >= 11 is 6.73. The Labute approximate surface area is 212 Å². The van der Waals surface area contributed by atoms with Crippen LogP contribution in [0.3, 0.4) is 0 Å². The number of H-pyrrole nitrogens is 1. The quantitative estimate of drug-likeness (QED) is 0.349. The Morgan fingerprint density at radius 3 is 2.63 bits per heavy atom. The average Bonchev–Trinajstić information content (AvgIpc) is 2.76. The lowest BCUT2D eigenvalue weighted by Crippen LogP contribution is -2.28. The number of nitriles is 1. The number of hydrogen-bond acceptors (Lipinski definition) is 9. The third-order valence-electron chi connectivity index (χ3n) is 4.18. The predicted octanol–water partition coefficient (Wildman–Crippen LogP) is 3.47. The second-order valence-electron chi connectivity index (χ2n) is 6.55. The largest absolute Gasteiger partial charge is 0.449 e. The summed E-state index contributed by atoms with van der Waals surface area (Å²) in [4.78, 5) is 28.3. The first-order valence-electron chi connectivity index (χ1n) is 9.11. The van der Waals surface area contributed by atoms with Gasteiger partial charge in [0.2, 0.25) is 5.75 Å². The number of aromatic nitrogens is 4. The van der Waals surface area contributed by atoms with E-state index in [2.05, 4.69) is 15.2 Å². The number of ether oxygens (including phenoxy) is 1. The van der Waals surface area contributed by atoms with E-state index in [-0.39, 0.29) is 47.8 Å². The summed E-state index contributed by atoms with van der Waals surface area (Å²) in [6, 6.07) is 6.68. The highest BCUT2D eigenvalue weighted by Crippen LogP contribution is 2.35. The van der Waals surface area contributed by atoms with Crippen LogP contribution in [-0.4, -0.2) is 33.9 Å². The van der Waals surface area contributed by atoms with Crippen molar-refractivity contribution in [2.45, 2.75) is 12.7 Å². The van der Waals surface area contributed by atoms with Crippen LogP contribution in [0.1, 0.15) is 17.0 Å². The van der Waals surface area contributed by atoms with Crippen molar-refractivity contribution in [3.63, 3.8) is 0 Å². The Morgan fingerprint density at radius 1 is 1.29 bits per heavy atom. The Hall–Kier alpha value is -3.19. The molecule has 0 saturated carbocycles. The van der Waals surface area contributed by atoms with E-state index in [1.165, 1.54) is 23.5 Å². The Morgan fingerprint density at radius 2 is 2.00 bits per heavy atom. The second-order valence-corrected chi connectivity index (χ2v) is 8.02. The predicted molar refractivity (Wildman–Crippen MR) is 127 cm³/mol. The van der Waals surface area contributed by atoms with Crippen molar-refractivity contribution in [1.29, 1.82) is 5.26 Å². The monoisotopic (exact) mass is 548 g/mol. The summed E-state index contributed by atoms with van der Waals surface area (Å²) < 4.78 is 52.9. The number of anilines is 1. The van der Waals surface area contributed by atoms with Crippen LogP contribution >= 0.6 is 37.3 Å². The zero-order chi connectivity index (χ0) is 25.0. The highest BCUT2D eigenvalue weighted by atomic mass is 35.5. The van der Waals surface area contributed by atoms with Gasteiger partial charge in [0.1, 0.15) is 23.7 Å². The van der Waals surface area contributed by atoms with E-state index in [1.807, 2.05) is 0 Å². The number of halogens is 4. The van der Waals surface area contributed by atoms with Crippen LogP contribution in [0.15, 0.2) is 40.2 Å². The lowest BCUT2D eigenvalue weighted by Gasteiger charge is -2.16. The number of nitrogens with one attached hydrogen (secondary N) is 1. The normalized spacial score (nSPS) is 10.9. The van der Waals surface area contributed by atoms with Crippen molar-refractivity contribution in [1.82, 2.24) is 19.7 Å². The van der Waals surface area contributed by atoms with E-state index in [0.717, 1.165) is 28.9 Å². The standard InChI is InChI=1S/C19H14ClF3N6O4S.H2S/c1-28(34-32-2)14-6-12(26-27-17(14)30)8-29-9-25-16(19(21,22)23)15(18(29)31)33-13-4-10(7-24)3-11(20)5-13;/h3-6,9H,8H2,1-2H3,(H,27,30);1H2. The molecule has 0 radical (unpaired) electrons. The molecule has 3 rings (SSSR count). The molecule has 1 N–H and O–H groups in total. The van der Waals surface area contributed by atoms with Gasteiger partial charge in [-0.15, -0.1) is 0 Å². The van der Waals surface area contributed by atoms with Gasteiger partial charge in [0.05, 0.1) is 37.3 Å². The van der Waals surface area contributed by atoms with E-state index in [0.29, 0.717) is 6.33 Å². The van der Waals surface area contributed by atoms with Gasteiger partial charge in [-0.25, -0.2) is 10.1 Å². The molecule has 0 aliphatic carbocycles. The zero-order valence-electron chi connectivity index (χ0n) is 17.9. The third-order valence-corrected chi connectivity index (χ3v) is 4.97. The van der Waals surface area contributed by atoms with Crippen LogP contribution < -0.4 is 20.2 Å². The maximum atomic E-state index is 13.5. The van der Waals surface area contributed by atoms with Gasteiger partial charge < -0.3 is 4.74 Å². The molecule has 0 atom stereocenters. The topological polar surface area (TPSA) is 126 Å². The van der Waals surface area contributed by atoms with Crippen molar-refractivity contribution in [3.8, 4) is 17.6 Å². The van der Waals surface area contributed by atoms with Gasteiger partial charge in [0.25, 0.3) is 11.1 Å². The van der Waals surface area contributed by atoms with Gasteiger partial charge in [0.15, 0.2) is 5.69 Å². The highest BCUT2D eigenvalue weighted by molar-refractivity contribution is 7.96. The van der Waals surface area contributed by atoms with Crippen LogP contribution in [-0.2, 0) is 16.9 Å². The van der Waals surface area contributed by atoms with Gasteiger partial charge in [0, 0.05) is 12.1 Å². The molecule has 1 aromatic carbocycles. The van der Waals surface area contributed by atoms with Gasteiger partial charge in [-0.3, -0.25) is 22.6 Å². The first-order valence-corrected chi connectivity index (χ1v) is 10.2. The zero-order valence-corrected chi connectivity index (χ0v) is 20.5. The minimum Gasteiger partial charge on any atom is -0.449 e. The molecule has 2 aromatic heterocycles. The van der Waals surface area contributed by atoms with E-state index in [9.17, 15) is 22.8 Å². The molecule has 16 heteroatoms. The first kappa shape index (κ1) is 28.1.